The van der Waals surface area contributed by atoms with E-state index in [0.717, 1.165) is 17.9 Å². The summed E-state index contributed by atoms with van der Waals surface area (Å²) in [5, 5.41) is 10.0. The fraction of sp³-hybridized carbons (Fsp3) is 0.619. The minimum absolute atomic E-state index is 0.00825. The van der Waals surface area contributed by atoms with E-state index in [4.69, 9.17) is 4.74 Å². The third kappa shape index (κ3) is 4.15. The maximum absolute atomic E-state index is 13.3. The lowest BCUT2D eigenvalue weighted by molar-refractivity contribution is -0.150. The molecule has 1 aromatic rings. The number of carboxylic acids is 1. The first kappa shape index (κ1) is 22.2. The van der Waals surface area contributed by atoms with Crippen LogP contribution in [0, 0.1) is 5.92 Å². The molecule has 1 heterocycles. The molecule has 1 aliphatic heterocycles. The predicted octanol–water partition coefficient (Wildman–Crippen LogP) is 1.94. The predicted molar refractivity (Wildman–Crippen MR) is 108 cm³/mol. The molecule has 3 atom stereocenters. The molecule has 7 nitrogen and oxygen atoms in total. The Hall–Kier alpha value is -2.12. The van der Waals surface area contributed by atoms with E-state index in [9.17, 15) is 14.7 Å². The van der Waals surface area contributed by atoms with Gasteiger partial charge in [0.15, 0.2) is 0 Å². The van der Waals surface area contributed by atoms with Gasteiger partial charge < -0.3 is 19.6 Å². The number of amides is 1. The van der Waals surface area contributed by atoms with Crippen LogP contribution in [0.2, 0.25) is 0 Å². The van der Waals surface area contributed by atoms with Crippen LogP contribution in [-0.4, -0.2) is 85.6 Å². The Morgan fingerprint density at radius 2 is 1.82 bits per heavy atom. The van der Waals surface area contributed by atoms with Crippen LogP contribution in [0.5, 0.6) is 5.75 Å². The van der Waals surface area contributed by atoms with Crippen LogP contribution in [0.25, 0.3) is 0 Å². The zero-order chi connectivity index (χ0) is 21.1. The number of likely N-dealkylation sites (N-methyl/N-ethyl adjacent to an activating group) is 3. The average molecular weight is 392 g/mol. The van der Waals surface area contributed by atoms with E-state index in [2.05, 4.69) is 0 Å². The number of rotatable bonds is 8. The van der Waals surface area contributed by atoms with Gasteiger partial charge in [-0.3, -0.25) is 14.5 Å². The van der Waals surface area contributed by atoms with E-state index in [0.29, 0.717) is 19.4 Å². The highest BCUT2D eigenvalue weighted by Gasteiger charge is 2.56. The molecule has 2 rings (SSSR count). The Morgan fingerprint density at radius 1 is 1.21 bits per heavy atom. The van der Waals surface area contributed by atoms with Crippen molar-refractivity contribution in [2.24, 2.45) is 5.92 Å². The number of hydrogen-bond donors (Lipinski definition) is 1. The van der Waals surface area contributed by atoms with Crippen molar-refractivity contribution >= 4 is 11.9 Å². The summed E-state index contributed by atoms with van der Waals surface area (Å²) in [6, 6.07) is 7.26. The fourth-order valence-corrected chi connectivity index (χ4v) is 4.16. The van der Waals surface area contributed by atoms with Crippen molar-refractivity contribution < 1.29 is 19.4 Å². The third-order valence-electron chi connectivity index (χ3n) is 6.05. The van der Waals surface area contributed by atoms with Crippen molar-refractivity contribution in [2.45, 2.75) is 31.3 Å². The van der Waals surface area contributed by atoms with Crippen molar-refractivity contribution in [1.29, 1.82) is 0 Å². The summed E-state index contributed by atoms with van der Waals surface area (Å²) >= 11 is 0. The quantitative estimate of drug-likeness (QED) is 0.730. The molecule has 0 unspecified atom stereocenters. The Bertz CT molecular complexity index is 691. The van der Waals surface area contributed by atoms with E-state index in [1.54, 1.807) is 19.1 Å². The number of hydrogen-bond acceptors (Lipinski definition) is 5. The van der Waals surface area contributed by atoms with Gasteiger partial charge in [0.25, 0.3) is 0 Å². The second-order valence-corrected chi connectivity index (χ2v) is 7.89. The maximum atomic E-state index is 13.3. The number of carbonyl (C=O) groups is 2. The van der Waals surface area contributed by atoms with Gasteiger partial charge in [-0.25, -0.2) is 0 Å². The first-order valence-electron chi connectivity index (χ1n) is 9.68. The molecule has 0 aromatic heterocycles. The minimum Gasteiger partial charge on any atom is -0.497 e. The number of ether oxygens (including phenoxy) is 1. The van der Waals surface area contributed by atoms with Crippen molar-refractivity contribution in [3.63, 3.8) is 0 Å². The number of nitrogens with zero attached hydrogens (tertiary/aromatic N) is 3. The zero-order valence-electron chi connectivity index (χ0n) is 17.8. The SMILES string of the molecule is CC[C@]1(C(=O)O)C[C@@H](C(=O)N(C)CCN(C)C)[C@@H](c2ccc(OC)cc2)N1C. The Balaban J connectivity index is 2.40. The van der Waals surface area contributed by atoms with Crippen molar-refractivity contribution in [2.75, 3.05) is 48.4 Å². The Kier molecular flexibility index (Phi) is 7.06. The monoisotopic (exact) mass is 391 g/mol. The summed E-state index contributed by atoms with van der Waals surface area (Å²) in [7, 11) is 9.15. The van der Waals surface area contributed by atoms with Gasteiger partial charge in [0.2, 0.25) is 5.91 Å². The van der Waals surface area contributed by atoms with E-state index >= 15 is 0 Å². The molecule has 28 heavy (non-hydrogen) atoms. The van der Waals surface area contributed by atoms with Gasteiger partial charge >= 0.3 is 5.97 Å². The molecule has 1 aliphatic rings. The van der Waals surface area contributed by atoms with Crippen LogP contribution in [0.4, 0.5) is 0 Å². The van der Waals surface area contributed by atoms with Gasteiger partial charge in [-0.2, -0.15) is 0 Å². The van der Waals surface area contributed by atoms with Gasteiger partial charge in [0.05, 0.1) is 13.0 Å². The van der Waals surface area contributed by atoms with Gasteiger partial charge in [-0.15, -0.1) is 0 Å². The molecule has 1 amide bonds. The fourth-order valence-electron chi connectivity index (χ4n) is 4.16. The number of likely N-dealkylation sites (tertiary alicyclic amines) is 1. The minimum atomic E-state index is -1.05. The van der Waals surface area contributed by atoms with Crippen LogP contribution in [0.15, 0.2) is 24.3 Å². The lowest BCUT2D eigenvalue weighted by Gasteiger charge is -2.34. The van der Waals surface area contributed by atoms with E-state index < -0.39 is 17.4 Å². The van der Waals surface area contributed by atoms with Crippen LogP contribution >= 0.6 is 0 Å². The Morgan fingerprint density at radius 3 is 2.29 bits per heavy atom. The standard InChI is InChI=1S/C21H33N3O4/c1-7-21(20(26)27)14-17(19(25)23(4)13-12-22(2)3)18(24(21)5)15-8-10-16(28-6)11-9-15/h8-11,17-18H,7,12-14H2,1-6H3,(H,26,27)/t17-,18-,21-/m1/s1. The second kappa shape index (κ2) is 8.92. The maximum Gasteiger partial charge on any atom is 0.324 e. The number of benzene rings is 1. The molecule has 0 saturated carbocycles. The summed E-state index contributed by atoms with van der Waals surface area (Å²) in [5.74, 6) is -0.565. The second-order valence-electron chi connectivity index (χ2n) is 7.89. The van der Waals surface area contributed by atoms with Crippen LogP contribution in [0.1, 0.15) is 31.4 Å². The zero-order valence-corrected chi connectivity index (χ0v) is 17.8. The molecular weight excluding hydrogens is 358 g/mol. The van der Waals surface area contributed by atoms with Crippen molar-refractivity contribution in [3.05, 3.63) is 29.8 Å². The lowest BCUT2D eigenvalue weighted by atomic mass is 9.86. The van der Waals surface area contributed by atoms with Crippen LogP contribution in [-0.2, 0) is 9.59 Å². The number of aliphatic carboxylic acids is 1. The highest BCUT2D eigenvalue weighted by atomic mass is 16.5. The van der Waals surface area contributed by atoms with Gasteiger partial charge in [0, 0.05) is 26.2 Å². The normalized spacial score (nSPS) is 25.1. The summed E-state index contributed by atoms with van der Waals surface area (Å²) in [4.78, 5) is 31.1. The largest absolute Gasteiger partial charge is 0.497 e. The van der Waals surface area contributed by atoms with Crippen molar-refractivity contribution in [1.82, 2.24) is 14.7 Å². The first-order valence-corrected chi connectivity index (χ1v) is 9.68. The molecule has 0 spiro atoms. The number of carboxylic acid groups (broad SMARTS) is 1. The van der Waals surface area contributed by atoms with Crippen molar-refractivity contribution in [3.8, 4) is 5.75 Å². The van der Waals surface area contributed by atoms with Gasteiger partial charge in [-0.1, -0.05) is 19.1 Å². The number of carbonyl (C=O) groups excluding carboxylic acids is 1. The smallest absolute Gasteiger partial charge is 0.324 e. The number of methoxy groups -OCH3 is 1. The lowest BCUT2D eigenvalue weighted by Crippen LogP contribution is -2.48. The molecular formula is C21H33N3O4. The van der Waals surface area contributed by atoms with E-state index in [1.807, 2.05) is 62.1 Å². The molecule has 0 bridgehead atoms. The highest BCUT2D eigenvalue weighted by molar-refractivity contribution is 5.85. The average Bonchev–Trinajstić information content (AvgIpc) is 2.99. The molecule has 1 aromatic carbocycles. The molecule has 0 aliphatic carbocycles. The third-order valence-corrected chi connectivity index (χ3v) is 6.05. The van der Waals surface area contributed by atoms with E-state index in [1.165, 1.54) is 0 Å². The highest BCUT2D eigenvalue weighted by Crippen LogP contribution is 2.48. The van der Waals surface area contributed by atoms with Gasteiger partial charge in [-0.05, 0) is 51.7 Å². The van der Waals surface area contributed by atoms with Crippen LogP contribution < -0.4 is 4.74 Å². The summed E-state index contributed by atoms with van der Waals surface area (Å²) in [6.45, 7) is 3.24. The molecule has 7 heteroatoms. The molecule has 156 valence electrons. The van der Waals surface area contributed by atoms with Crippen LogP contribution in [0.3, 0.4) is 0 Å². The molecule has 1 fully saturated rings. The molecule has 1 N–H and O–H groups in total. The summed E-state index contributed by atoms with van der Waals surface area (Å²) in [5.41, 5.74) is -0.118. The summed E-state index contributed by atoms with van der Waals surface area (Å²) in [6.07, 6.45) is 0.744. The topological polar surface area (TPSA) is 73.3 Å². The molecule has 1 saturated heterocycles. The Labute approximate surface area is 167 Å². The van der Waals surface area contributed by atoms with E-state index in [-0.39, 0.29) is 11.9 Å². The van der Waals surface area contributed by atoms with Gasteiger partial charge in [0.1, 0.15) is 11.3 Å². The first-order chi connectivity index (χ1) is 13.2. The summed E-state index contributed by atoms with van der Waals surface area (Å²) < 4.78 is 5.24. The molecule has 0 radical (unpaired) electrons.